The fraction of sp³-hybridized carbons (Fsp3) is 0.533. The molecule has 2 N–H and O–H groups in total. The van der Waals surface area contributed by atoms with Crippen LogP contribution in [0.4, 0.5) is 0 Å². The number of benzene rings is 1. The van der Waals surface area contributed by atoms with Crippen LogP contribution in [0.1, 0.15) is 25.8 Å². The Labute approximate surface area is 132 Å². The maximum absolute atomic E-state index is 11.4. The van der Waals surface area contributed by atoms with Crippen LogP contribution in [0.15, 0.2) is 30.3 Å². The molecule has 0 aromatic heterocycles. The first kappa shape index (κ1) is 19.9. The second kappa shape index (κ2) is 11.5. The van der Waals surface area contributed by atoms with Crippen molar-refractivity contribution in [1.29, 1.82) is 0 Å². The van der Waals surface area contributed by atoms with Gasteiger partial charge in [-0.25, -0.2) is 4.79 Å². The fourth-order valence-corrected chi connectivity index (χ4v) is 1.54. The molecular formula is C15H24ClNO4. The number of carbonyl (C=O) groups is 1. The predicted molar refractivity (Wildman–Crippen MR) is 83.2 cm³/mol. The van der Waals surface area contributed by atoms with Crippen molar-refractivity contribution in [1.82, 2.24) is 5.32 Å². The molecule has 1 aromatic carbocycles. The van der Waals surface area contributed by atoms with Gasteiger partial charge in [0.2, 0.25) is 0 Å². The molecule has 1 unspecified atom stereocenters. The highest BCUT2D eigenvalue weighted by molar-refractivity contribution is 5.85. The summed E-state index contributed by atoms with van der Waals surface area (Å²) in [5.74, 6) is -0.433. The number of aliphatic hydroxyl groups is 1. The number of nitrogens with one attached hydrogen (secondary N) is 1. The summed E-state index contributed by atoms with van der Waals surface area (Å²) < 4.78 is 0. The van der Waals surface area contributed by atoms with Crippen LogP contribution in [0.25, 0.3) is 0 Å². The Bertz CT molecular complexity index is 387. The van der Waals surface area contributed by atoms with E-state index in [0.717, 1.165) is 5.56 Å². The Hall–Kier alpha value is -1.14. The summed E-state index contributed by atoms with van der Waals surface area (Å²) >= 11 is 0. The van der Waals surface area contributed by atoms with Crippen LogP contribution in [0.2, 0.25) is 0 Å². The molecule has 6 heteroatoms. The fourth-order valence-electron chi connectivity index (χ4n) is 1.54. The molecule has 1 atom stereocenters. The van der Waals surface area contributed by atoms with Crippen molar-refractivity contribution in [3.8, 4) is 0 Å². The van der Waals surface area contributed by atoms with Gasteiger partial charge in [-0.05, 0) is 12.0 Å². The first-order valence-electron chi connectivity index (χ1n) is 6.85. The molecule has 1 rings (SSSR count). The molecule has 0 bridgehead atoms. The van der Waals surface area contributed by atoms with Crippen LogP contribution >= 0.6 is 12.4 Å². The minimum absolute atomic E-state index is 0. The number of halogens is 1. The van der Waals surface area contributed by atoms with Crippen LogP contribution in [-0.4, -0.2) is 36.4 Å². The van der Waals surface area contributed by atoms with Crippen molar-refractivity contribution in [2.75, 3.05) is 13.2 Å². The SMILES string of the molecule is CC(C)NCC(O)COOC(=O)CCc1ccccc1.Cl. The van der Waals surface area contributed by atoms with E-state index in [1.165, 1.54) is 0 Å². The molecule has 21 heavy (non-hydrogen) atoms. The smallest absolute Gasteiger partial charge is 0.342 e. The average Bonchev–Trinajstić information content (AvgIpc) is 2.44. The van der Waals surface area contributed by atoms with Crippen LogP contribution in [0, 0.1) is 0 Å². The predicted octanol–water partition coefficient (Wildman–Crippen LogP) is 1.87. The lowest BCUT2D eigenvalue weighted by atomic mass is 10.1. The summed E-state index contributed by atoms with van der Waals surface area (Å²) in [7, 11) is 0. The third-order valence-corrected chi connectivity index (χ3v) is 2.63. The van der Waals surface area contributed by atoms with E-state index < -0.39 is 12.1 Å². The number of hydrogen-bond donors (Lipinski definition) is 2. The van der Waals surface area contributed by atoms with Gasteiger partial charge in [0.1, 0.15) is 6.61 Å². The van der Waals surface area contributed by atoms with Gasteiger partial charge in [-0.1, -0.05) is 44.2 Å². The second-order valence-electron chi connectivity index (χ2n) is 4.94. The van der Waals surface area contributed by atoms with Crippen molar-refractivity contribution < 1.29 is 19.7 Å². The number of aliphatic hydroxyl groups excluding tert-OH is 1. The van der Waals surface area contributed by atoms with Crippen LogP contribution < -0.4 is 5.32 Å². The van der Waals surface area contributed by atoms with E-state index in [1.54, 1.807) is 0 Å². The van der Waals surface area contributed by atoms with Gasteiger partial charge in [0, 0.05) is 12.6 Å². The lowest BCUT2D eigenvalue weighted by Crippen LogP contribution is -2.34. The Morgan fingerprint density at radius 1 is 1.29 bits per heavy atom. The van der Waals surface area contributed by atoms with Crippen molar-refractivity contribution in [2.24, 2.45) is 0 Å². The summed E-state index contributed by atoms with van der Waals surface area (Å²) in [6, 6.07) is 9.98. The highest BCUT2D eigenvalue weighted by Crippen LogP contribution is 2.03. The largest absolute Gasteiger partial charge is 0.389 e. The second-order valence-corrected chi connectivity index (χ2v) is 4.94. The zero-order valence-corrected chi connectivity index (χ0v) is 13.3. The van der Waals surface area contributed by atoms with E-state index in [1.807, 2.05) is 44.2 Å². The molecule has 0 aliphatic rings. The van der Waals surface area contributed by atoms with E-state index in [2.05, 4.69) is 10.2 Å². The van der Waals surface area contributed by atoms with Gasteiger partial charge in [-0.15, -0.1) is 12.4 Å². The van der Waals surface area contributed by atoms with E-state index in [0.29, 0.717) is 13.0 Å². The molecule has 0 fully saturated rings. The van der Waals surface area contributed by atoms with E-state index in [9.17, 15) is 9.90 Å². The molecule has 0 spiro atoms. The van der Waals surface area contributed by atoms with Gasteiger partial charge in [0.15, 0.2) is 0 Å². The maximum atomic E-state index is 11.4. The highest BCUT2D eigenvalue weighted by Gasteiger charge is 2.09. The summed E-state index contributed by atoms with van der Waals surface area (Å²) in [5, 5.41) is 12.6. The monoisotopic (exact) mass is 317 g/mol. The lowest BCUT2D eigenvalue weighted by molar-refractivity contribution is -0.281. The minimum Gasteiger partial charge on any atom is -0.389 e. The highest BCUT2D eigenvalue weighted by atomic mass is 35.5. The van der Waals surface area contributed by atoms with Crippen LogP contribution in [0.5, 0.6) is 0 Å². The van der Waals surface area contributed by atoms with E-state index in [4.69, 9.17) is 4.89 Å². The maximum Gasteiger partial charge on any atom is 0.342 e. The summed E-state index contributed by atoms with van der Waals surface area (Å²) in [6.45, 7) is 4.34. The normalized spacial score (nSPS) is 11.8. The van der Waals surface area contributed by atoms with Gasteiger partial charge in [-0.3, -0.25) is 4.89 Å². The van der Waals surface area contributed by atoms with Crippen LogP contribution in [-0.2, 0) is 21.0 Å². The molecule has 5 nitrogen and oxygen atoms in total. The first-order valence-corrected chi connectivity index (χ1v) is 6.85. The summed E-state index contributed by atoms with van der Waals surface area (Å²) in [4.78, 5) is 20.8. The number of hydrogen-bond acceptors (Lipinski definition) is 5. The molecule has 120 valence electrons. The molecule has 0 saturated carbocycles. The molecule has 1 aromatic rings. The van der Waals surface area contributed by atoms with Gasteiger partial charge >= 0.3 is 5.97 Å². The minimum atomic E-state index is -0.695. The number of carbonyl (C=O) groups excluding carboxylic acids is 1. The van der Waals surface area contributed by atoms with Crippen molar-refractivity contribution >= 4 is 18.4 Å². The molecular weight excluding hydrogens is 294 g/mol. The van der Waals surface area contributed by atoms with Crippen molar-refractivity contribution in [2.45, 2.75) is 38.8 Å². The van der Waals surface area contributed by atoms with Crippen molar-refractivity contribution in [3.63, 3.8) is 0 Å². The molecule has 0 saturated heterocycles. The van der Waals surface area contributed by atoms with E-state index in [-0.39, 0.29) is 31.5 Å². The Kier molecular flexibility index (Phi) is 10.9. The third-order valence-electron chi connectivity index (χ3n) is 2.63. The lowest BCUT2D eigenvalue weighted by Gasteiger charge is -2.13. The van der Waals surface area contributed by atoms with E-state index >= 15 is 0 Å². The van der Waals surface area contributed by atoms with Gasteiger partial charge in [0.05, 0.1) is 12.5 Å². The van der Waals surface area contributed by atoms with Gasteiger partial charge < -0.3 is 10.4 Å². The average molecular weight is 318 g/mol. The van der Waals surface area contributed by atoms with Gasteiger partial charge in [-0.2, -0.15) is 4.89 Å². The molecule has 0 radical (unpaired) electrons. The standard InChI is InChI=1S/C15H23NO4.ClH/c1-12(2)16-10-14(17)11-19-20-15(18)9-8-13-6-4-3-5-7-13;/h3-7,12,14,16-17H,8-11H2,1-2H3;1H. The molecule has 0 heterocycles. The zero-order valence-electron chi connectivity index (χ0n) is 12.5. The molecule has 0 aliphatic carbocycles. The molecule has 0 aliphatic heterocycles. The Balaban J connectivity index is 0.00000400. The third kappa shape index (κ3) is 10.3. The van der Waals surface area contributed by atoms with Crippen molar-refractivity contribution in [3.05, 3.63) is 35.9 Å². The number of rotatable bonds is 9. The quantitative estimate of drug-likeness (QED) is 0.537. The molecule has 0 amide bonds. The zero-order chi connectivity index (χ0) is 14.8. The Morgan fingerprint density at radius 3 is 2.57 bits per heavy atom. The number of aryl methyl sites for hydroxylation is 1. The summed E-state index contributed by atoms with van der Waals surface area (Å²) in [6.07, 6.45) is 0.171. The van der Waals surface area contributed by atoms with Crippen LogP contribution in [0.3, 0.4) is 0 Å². The first-order chi connectivity index (χ1) is 9.58. The summed E-state index contributed by atoms with van der Waals surface area (Å²) in [5.41, 5.74) is 1.07. The topological polar surface area (TPSA) is 67.8 Å². The van der Waals surface area contributed by atoms with Gasteiger partial charge in [0.25, 0.3) is 0 Å². The Morgan fingerprint density at radius 2 is 1.95 bits per heavy atom.